The van der Waals surface area contributed by atoms with Gasteiger partial charge in [0.15, 0.2) is 0 Å². The Hall–Kier alpha value is -1.55. The molecule has 0 aromatic heterocycles. The summed E-state index contributed by atoms with van der Waals surface area (Å²) in [5.41, 5.74) is 3.61. The van der Waals surface area contributed by atoms with Crippen LogP contribution in [0.1, 0.15) is 83.9 Å². The van der Waals surface area contributed by atoms with Gasteiger partial charge in [-0.1, -0.05) is 53.7 Å². The van der Waals surface area contributed by atoms with Crippen molar-refractivity contribution in [3.63, 3.8) is 0 Å². The van der Waals surface area contributed by atoms with Crippen LogP contribution in [0.5, 0.6) is 5.75 Å². The summed E-state index contributed by atoms with van der Waals surface area (Å²) < 4.78 is 11.0. The molecule has 0 fully saturated rings. The molecular weight excluding hydrogens is 340 g/mol. The first-order chi connectivity index (χ1) is 12.5. The van der Waals surface area contributed by atoms with Crippen molar-refractivity contribution in [1.29, 1.82) is 0 Å². The van der Waals surface area contributed by atoms with Gasteiger partial charge in [-0.15, -0.1) is 0 Å². The second kappa shape index (κ2) is 10.1. The van der Waals surface area contributed by atoms with Gasteiger partial charge in [-0.3, -0.25) is 4.79 Å². The van der Waals surface area contributed by atoms with Crippen molar-refractivity contribution in [2.75, 3.05) is 20.3 Å². The van der Waals surface area contributed by atoms with E-state index in [-0.39, 0.29) is 23.4 Å². The smallest absolute Gasteiger partial charge is 0.305 e. The maximum absolute atomic E-state index is 11.8. The van der Waals surface area contributed by atoms with Crippen LogP contribution < -0.4 is 4.74 Å². The molecule has 0 aliphatic heterocycles. The summed E-state index contributed by atoms with van der Waals surface area (Å²) in [5.74, 6) is 0.815. The number of hydrogen-bond acceptors (Lipinski definition) is 4. The quantitative estimate of drug-likeness (QED) is 0.489. The first kappa shape index (κ1) is 23.5. The standard InChI is InChI=1S/C23H38O4/c1-22(2,3)18-15-17(16-19(21(18)26-7)23(4,5)6)11-10-12-20(25)27-14-9-8-13-24/h15-16,24H,8-14H2,1-7H3. The van der Waals surface area contributed by atoms with Crippen LogP contribution in [-0.2, 0) is 26.8 Å². The monoisotopic (exact) mass is 378 g/mol. The number of benzene rings is 1. The lowest BCUT2D eigenvalue weighted by molar-refractivity contribution is -0.143. The number of aryl methyl sites for hydroxylation is 1. The van der Waals surface area contributed by atoms with Crippen LogP contribution in [0.15, 0.2) is 12.1 Å². The molecule has 4 nitrogen and oxygen atoms in total. The maximum Gasteiger partial charge on any atom is 0.305 e. The van der Waals surface area contributed by atoms with Gasteiger partial charge in [0.25, 0.3) is 0 Å². The van der Waals surface area contributed by atoms with E-state index in [9.17, 15) is 4.79 Å². The van der Waals surface area contributed by atoms with Gasteiger partial charge >= 0.3 is 5.97 Å². The van der Waals surface area contributed by atoms with Gasteiger partial charge in [-0.2, -0.15) is 0 Å². The van der Waals surface area contributed by atoms with Gasteiger partial charge in [0, 0.05) is 24.2 Å². The second-order valence-corrected chi connectivity index (χ2v) is 9.23. The Morgan fingerprint density at radius 3 is 1.96 bits per heavy atom. The molecule has 0 atom stereocenters. The molecule has 0 saturated heterocycles. The molecule has 0 aliphatic rings. The Kier molecular flexibility index (Phi) is 8.80. The van der Waals surface area contributed by atoms with Crippen LogP contribution in [0, 0.1) is 0 Å². The number of ether oxygens (including phenoxy) is 2. The zero-order chi connectivity index (χ0) is 20.7. The average molecular weight is 379 g/mol. The highest BCUT2D eigenvalue weighted by Gasteiger charge is 2.27. The Labute approximate surface area is 165 Å². The van der Waals surface area contributed by atoms with E-state index in [1.807, 2.05) is 0 Å². The third kappa shape index (κ3) is 7.53. The Morgan fingerprint density at radius 1 is 0.963 bits per heavy atom. The number of carbonyl (C=O) groups excluding carboxylic acids is 1. The number of aliphatic hydroxyl groups excluding tert-OH is 1. The highest BCUT2D eigenvalue weighted by atomic mass is 16.5. The van der Waals surface area contributed by atoms with Crippen molar-refractivity contribution in [3.05, 3.63) is 28.8 Å². The molecule has 1 aromatic rings. The minimum Gasteiger partial charge on any atom is -0.496 e. The largest absolute Gasteiger partial charge is 0.496 e. The molecule has 27 heavy (non-hydrogen) atoms. The van der Waals surface area contributed by atoms with E-state index in [2.05, 4.69) is 53.7 Å². The summed E-state index contributed by atoms with van der Waals surface area (Å²) in [6.07, 6.45) is 3.40. The summed E-state index contributed by atoms with van der Waals surface area (Å²) in [6, 6.07) is 4.45. The average Bonchev–Trinajstić information content (AvgIpc) is 2.56. The fourth-order valence-electron chi connectivity index (χ4n) is 3.08. The van der Waals surface area contributed by atoms with Crippen LogP contribution >= 0.6 is 0 Å². The molecule has 0 bridgehead atoms. The summed E-state index contributed by atoms with van der Waals surface area (Å²) in [5, 5.41) is 8.75. The molecule has 4 heteroatoms. The van der Waals surface area contributed by atoms with E-state index in [1.165, 1.54) is 16.7 Å². The van der Waals surface area contributed by atoms with Crippen LogP contribution in [0.4, 0.5) is 0 Å². The van der Waals surface area contributed by atoms with Gasteiger partial charge in [-0.25, -0.2) is 0 Å². The van der Waals surface area contributed by atoms with E-state index in [0.29, 0.717) is 25.9 Å². The molecule has 0 saturated carbocycles. The molecule has 0 radical (unpaired) electrons. The van der Waals surface area contributed by atoms with Gasteiger partial charge < -0.3 is 14.6 Å². The maximum atomic E-state index is 11.8. The van der Waals surface area contributed by atoms with Crippen LogP contribution in [-0.4, -0.2) is 31.4 Å². The SMILES string of the molecule is COc1c(C(C)(C)C)cc(CCCC(=O)OCCCCO)cc1C(C)(C)C. The summed E-state index contributed by atoms with van der Waals surface area (Å²) in [4.78, 5) is 11.8. The Balaban J connectivity index is 2.88. The number of carbonyl (C=O) groups is 1. The van der Waals surface area contributed by atoms with E-state index in [0.717, 1.165) is 18.6 Å². The molecule has 0 heterocycles. The van der Waals surface area contributed by atoms with Gasteiger partial charge in [0.1, 0.15) is 5.75 Å². The van der Waals surface area contributed by atoms with Gasteiger partial charge in [0.2, 0.25) is 0 Å². The third-order valence-corrected chi connectivity index (χ3v) is 4.63. The van der Waals surface area contributed by atoms with Crippen molar-refractivity contribution in [2.24, 2.45) is 0 Å². The molecular formula is C23H38O4. The van der Waals surface area contributed by atoms with Gasteiger partial charge in [-0.05, 0) is 42.1 Å². The lowest BCUT2D eigenvalue weighted by Gasteiger charge is -2.30. The number of hydrogen-bond donors (Lipinski definition) is 1. The molecule has 154 valence electrons. The van der Waals surface area contributed by atoms with Crippen molar-refractivity contribution in [1.82, 2.24) is 0 Å². The number of esters is 1. The predicted octanol–water partition coefficient (Wildman–Crippen LogP) is 4.93. The van der Waals surface area contributed by atoms with Crippen LogP contribution in [0.2, 0.25) is 0 Å². The lowest BCUT2D eigenvalue weighted by atomic mass is 9.78. The fourth-order valence-corrected chi connectivity index (χ4v) is 3.08. The summed E-state index contributed by atoms with van der Waals surface area (Å²) >= 11 is 0. The number of methoxy groups -OCH3 is 1. The van der Waals surface area contributed by atoms with E-state index in [4.69, 9.17) is 14.6 Å². The molecule has 0 aliphatic carbocycles. The molecule has 1 rings (SSSR count). The summed E-state index contributed by atoms with van der Waals surface area (Å²) in [6.45, 7) is 13.7. The third-order valence-electron chi connectivity index (χ3n) is 4.63. The number of aliphatic hydroxyl groups is 1. The number of rotatable bonds is 9. The normalized spacial score (nSPS) is 12.1. The Bertz CT molecular complexity index is 571. The van der Waals surface area contributed by atoms with Gasteiger partial charge in [0.05, 0.1) is 13.7 Å². The van der Waals surface area contributed by atoms with E-state index in [1.54, 1.807) is 7.11 Å². The molecule has 0 spiro atoms. The van der Waals surface area contributed by atoms with Crippen molar-refractivity contribution >= 4 is 5.97 Å². The van der Waals surface area contributed by atoms with E-state index < -0.39 is 0 Å². The first-order valence-electron chi connectivity index (χ1n) is 9.99. The lowest BCUT2D eigenvalue weighted by Crippen LogP contribution is -2.19. The van der Waals surface area contributed by atoms with Crippen LogP contribution in [0.25, 0.3) is 0 Å². The topological polar surface area (TPSA) is 55.8 Å². The minimum atomic E-state index is -0.159. The Morgan fingerprint density at radius 2 is 1.52 bits per heavy atom. The molecule has 0 amide bonds. The van der Waals surface area contributed by atoms with Crippen molar-refractivity contribution < 1.29 is 19.4 Å². The summed E-state index contributed by atoms with van der Waals surface area (Å²) in [7, 11) is 1.74. The van der Waals surface area contributed by atoms with Crippen LogP contribution in [0.3, 0.4) is 0 Å². The predicted molar refractivity (Wildman–Crippen MR) is 111 cm³/mol. The first-order valence-corrected chi connectivity index (χ1v) is 9.99. The van der Waals surface area contributed by atoms with Crippen molar-refractivity contribution in [2.45, 2.75) is 84.5 Å². The highest BCUT2D eigenvalue weighted by molar-refractivity contribution is 5.69. The highest BCUT2D eigenvalue weighted by Crippen LogP contribution is 2.40. The molecule has 1 aromatic carbocycles. The number of unbranched alkanes of at least 4 members (excludes halogenated alkanes) is 1. The molecule has 1 N–H and O–H groups in total. The zero-order valence-corrected chi connectivity index (χ0v) is 18.3. The fraction of sp³-hybridized carbons (Fsp3) is 0.696. The zero-order valence-electron chi connectivity index (χ0n) is 18.3. The van der Waals surface area contributed by atoms with Crippen molar-refractivity contribution in [3.8, 4) is 5.75 Å². The minimum absolute atomic E-state index is 0.0208. The van der Waals surface area contributed by atoms with E-state index >= 15 is 0 Å². The molecule has 0 unspecified atom stereocenters. The second-order valence-electron chi connectivity index (χ2n) is 9.23.